The van der Waals surface area contributed by atoms with Crippen molar-refractivity contribution >= 4 is 11.6 Å². The first kappa shape index (κ1) is 37.2. The van der Waals surface area contributed by atoms with Gasteiger partial charge in [-0.3, -0.25) is 4.79 Å². The summed E-state index contributed by atoms with van der Waals surface area (Å²) in [7, 11) is 0. The molecule has 3 saturated heterocycles. The number of carbonyl (C=O) groups is 1. The van der Waals surface area contributed by atoms with Crippen LogP contribution in [0.15, 0.2) is 72.8 Å². The van der Waals surface area contributed by atoms with Gasteiger partial charge in [-0.2, -0.15) is 0 Å². The van der Waals surface area contributed by atoms with Crippen molar-refractivity contribution in [1.82, 2.24) is 0 Å². The van der Waals surface area contributed by atoms with Crippen molar-refractivity contribution in [2.24, 2.45) is 5.92 Å². The molecule has 3 aliphatic rings. The molecule has 3 fully saturated rings. The molecule has 3 aromatic rings. The predicted molar refractivity (Wildman–Crippen MR) is 173 cm³/mol. The summed E-state index contributed by atoms with van der Waals surface area (Å²) in [6.07, 6.45) is -14.0. The fourth-order valence-electron chi connectivity index (χ4n) is 6.81. The standard InChI is InChI=1S/C36H41F2NO12/c37-20-8-4-18(5-9-20)2-1-3-24-27(39(34(24)47)22-12-10-21(38)11-13-22)19-6-14-23(15-7-19)48-35-32(46)30(44)33(26(17-41)50-35)51-36-31(45)29(43)28(42)25(16-40)49-36/h4-15,24-33,35-36,40-46H,1-3,16-17H2/t24-,25?,26?,27-,28?,29?,30?,31?,32?,33?,35?,36?/m1/s1. The molecule has 0 bridgehead atoms. The average molecular weight is 718 g/mol. The lowest BCUT2D eigenvalue weighted by molar-refractivity contribution is -0.352. The Morgan fingerprint density at radius 2 is 1.27 bits per heavy atom. The zero-order valence-corrected chi connectivity index (χ0v) is 27.3. The quantitative estimate of drug-likeness (QED) is 0.130. The molecule has 10 unspecified atom stereocenters. The highest BCUT2D eigenvalue weighted by Gasteiger charge is 2.51. The molecule has 0 saturated carbocycles. The fraction of sp³-hybridized carbons (Fsp3) is 0.472. The lowest BCUT2D eigenvalue weighted by Gasteiger charge is -2.48. The van der Waals surface area contributed by atoms with E-state index in [-0.39, 0.29) is 29.4 Å². The molecule has 51 heavy (non-hydrogen) atoms. The third-order valence-electron chi connectivity index (χ3n) is 9.65. The number of ether oxygens (including phenoxy) is 4. The molecule has 3 aliphatic heterocycles. The molecule has 0 aliphatic carbocycles. The van der Waals surface area contributed by atoms with Crippen LogP contribution in [0.4, 0.5) is 14.5 Å². The van der Waals surface area contributed by atoms with Gasteiger partial charge in [0.05, 0.1) is 25.2 Å². The Kier molecular flexibility index (Phi) is 11.6. The van der Waals surface area contributed by atoms with Gasteiger partial charge in [-0.05, 0) is 78.9 Å². The van der Waals surface area contributed by atoms with E-state index >= 15 is 0 Å². The van der Waals surface area contributed by atoms with E-state index in [0.717, 1.165) is 11.1 Å². The molecule has 1 amide bonds. The Morgan fingerprint density at radius 3 is 1.90 bits per heavy atom. The van der Waals surface area contributed by atoms with Crippen molar-refractivity contribution in [3.63, 3.8) is 0 Å². The van der Waals surface area contributed by atoms with Crippen molar-refractivity contribution in [3.8, 4) is 5.75 Å². The Balaban J connectivity index is 1.13. The maximum atomic E-state index is 13.7. The fourth-order valence-corrected chi connectivity index (χ4v) is 6.81. The second kappa shape index (κ2) is 16.0. The molecule has 3 heterocycles. The van der Waals surface area contributed by atoms with Crippen LogP contribution in [0.2, 0.25) is 0 Å². The molecule has 13 nitrogen and oxygen atoms in total. The number of amides is 1. The number of nitrogens with zero attached hydrogens (tertiary/aromatic N) is 1. The number of aryl methyl sites for hydroxylation is 1. The van der Waals surface area contributed by atoms with E-state index in [0.29, 0.717) is 24.9 Å². The van der Waals surface area contributed by atoms with E-state index in [1.807, 2.05) is 0 Å². The number of anilines is 1. The van der Waals surface area contributed by atoms with E-state index < -0.39 is 80.4 Å². The van der Waals surface area contributed by atoms with Crippen LogP contribution in [-0.4, -0.2) is 116 Å². The summed E-state index contributed by atoms with van der Waals surface area (Å²) in [4.78, 5) is 15.0. The van der Waals surface area contributed by atoms with Crippen LogP contribution >= 0.6 is 0 Å². The molecule has 7 N–H and O–H groups in total. The highest BCUT2D eigenvalue weighted by molar-refractivity contribution is 6.03. The number of β-lactam (4-membered cyclic amide) rings is 1. The minimum atomic E-state index is -1.79. The number of rotatable bonds is 12. The summed E-state index contributed by atoms with van der Waals surface area (Å²) in [6.45, 7) is -1.43. The lowest BCUT2D eigenvalue weighted by atomic mass is 9.78. The predicted octanol–water partition coefficient (Wildman–Crippen LogP) is 0.695. The topological polar surface area (TPSA) is 199 Å². The molecule has 0 spiro atoms. The summed E-state index contributed by atoms with van der Waals surface area (Å²) >= 11 is 0. The summed E-state index contributed by atoms with van der Waals surface area (Å²) in [5.41, 5.74) is 2.23. The van der Waals surface area contributed by atoms with Gasteiger partial charge in [-0.1, -0.05) is 24.3 Å². The molecule has 0 aromatic heterocycles. The first-order chi connectivity index (χ1) is 24.5. The Labute approximate surface area is 291 Å². The molecular formula is C36H41F2NO12. The summed E-state index contributed by atoms with van der Waals surface area (Å²) in [6, 6.07) is 18.1. The van der Waals surface area contributed by atoms with Crippen LogP contribution in [0.25, 0.3) is 0 Å². The molecule has 0 radical (unpaired) electrons. The minimum absolute atomic E-state index is 0.116. The molecule has 3 aromatic carbocycles. The molecule has 276 valence electrons. The second-order valence-electron chi connectivity index (χ2n) is 12.9. The van der Waals surface area contributed by atoms with Crippen LogP contribution in [-0.2, 0) is 25.4 Å². The second-order valence-corrected chi connectivity index (χ2v) is 12.9. The van der Waals surface area contributed by atoms with Crippen molar-refractivity contribution < 1.29 is 68.3 Å². The van der Waals surface area contributed by atoms with E-state index in [4.69, 9.17) is 18.9 Å². The zero-order valence-electron chi connectivity index (χ0n) is 27.3. The first-order valence-corrected chi connectivity index (χ1v) is 16.7. The van der Waals surface area contributed by atoms with Crippen molar-refractivity contribution in [3.05, 3.63) is 95.6 Å². The van der Waals surface area contributed by atoms with Gasteiger partial charge >= 0.3 is 0 Å². The molecule has 6 rings (SSSR count). The maximum absolute atomic E-state index is 13.7. The van der Waals surface area contributed by atoms with Gasteiger partial charge in [-0.15, -0.1) is 0 Å². The highest BCUT2D eigenvalue weighted by atomic mass is 19.1. The van der Waals surface area contributed by atoms with E-state index in [9.17, 15) is 49.3 Å². The van der Waals surface area contributed by atoms with Gasteiger partial charge in [0, 0.05) is 5.69 Å². The monoisotopic (exact) mass is 717 g/mol. The SMILES string of the molecule is O=C1[C@H](CCCc2ccc(F)cc2)[C@@H](c2ccc(OC3OC(CO)C(OC4OC(CO)C(O)C(O)C4O)C(O)C3O)cc2)N1c1ccc(F)cc1. The largest absolute Gasteiger partial charge is 0.462 e. The van der Waals surface area contributed by atoms with Gasteiger partial charge in [0.25, 0.3) is 0 Å². The van der Waals surface area contributed by atoms with Gasteiger partial charge < -0.3 is 59.6 Å². The van der Waals surface area contributed by atoms with Gasteiger partial charge in [0.1, 0.15) is 66.2 Å². The molecular weight excluding hydrogens is 676 g/mol. The van der Waals surface area contributed by atoms with Crippen LogP contribution in [0.1, 0.15) is 30.0 Å². The van der Waals surface area contributed by atoms with Crippen LogP contribution in [0, 0.1) is 17.6 Å². The highest BCUT2D eigenvalue weighted by Crippen LogP contribution is 2.46. The van der Waals surface area contributed by atoms with Crippen molar-refractivity contribution in [1.29, 1.82) is 0 Å². The third kappa shape index (κ3) is 7.78. The number of carbonyl (C=O) groups excluding carboxylic acids is 1. The first-order valence-electron chi connectivity index (χ1n) is 16.7. The number of hydrogen-bond acceptors (Lipinski definition) is 12. The summed E-state index contributed by atoms with van der Waals surface area (Å²) < 4.78 is 49.5. The smallest absolute Gasteiger partial charge is 0.233 e. The third-order valence-corrected chi connectivity index (χ3v) is 9.65. The van der Waals surface area contributed by atoms with Crippen LogP contribution in [0.3, 0.4) is 0 Å². The summed E-state index contributed by atoms with van der Waals surface area (Å²) in [5, 5.41) is 71.8. The van der Waals surface area contributed by atoms with E-state index in [1.54, 1.807) is 41.3 Å². The van der Waals surface area contributed by atoms with Gasteiger partial charge in [-0.25, -0.2) is 8.78 Å². The van der Waals surface area contributed by atoms with Crippen molar-refractivity contribution in [2.45, 2.75) is 86.7 Å². The number of aliphatic hydroxyl groups is 7. The lowest BCUT2D eigenvalue weighted by Crippen LogP contribution is -2.65. The average Bonchev–Trinajstić information content (AvgIpc) is 3.13. The Morgan fingerprint density at radius 1 is 0.686 bits per heavy atom. The van der Waals surface area contributed by atoms with E-state index in [1.165, 1.54) is 36.4 Å². The molecule has 15 heteroatoms. The van der Waals surface area contributed by atoms with Crippen LogP contribution < -0.4 is 9.64 Å². The number of hydrogen-bond donors (Lipinski definition) is 7. The summed E-state index contributed by atoms with van der Waals surface area (Å²) in [5.74, 6) is -1.05. The zero-order chi connectivity index (χ0) is 36.4. The number of aliphatic hydroxyl groups excluding tert-OH is 7. The van der Waals surface area contributed by atoms with Gasteiger partial charge in [0.2, 0.25) is 12.2 Å². The Hall–Kier alpha value is -3.61. The Bertz CT molecular complexity index is 1600. The normalized spacial score (nSPS) is 33.9. The van der Waals surface area contributed by atoms with Crippen molar-refractivity contribution in [2.75, 3.05) is 18.1 Å². The minimum Gasteiger partial charge on any atom is -0.462 e. The number of benzene rings is 3. The molecule has 12 atom stereocenters. The maximum Gasteiger partial charge on any atom is 0.233 e. The van der Waals surface area contributed by atoms with Gasteiger partial charge in [0.15, 0.2) is 6.29 Å². The van der Waals surface area contributed by atoms with Crippen LogP contribution in [0.5, 0.6) is 5.75 Å². The van der Waals surface area contributed by atoms with E-state index in [2.05, 4.69) is 0 Å². The number of halogens is 2.